The van der Waals surface area contributed by atoms with E-state index >= 15 is 0 Å². The van der Waals surface area contributed by atoms with Crippen LogP contribution < -0.4 is 14.8 Å². The smallest absolute Gasteiger partial charge is 0.412 e. The predicted octanol–water partition coefficient (Wildman–Crippen LogP) is 6.83. The van der Waals surface area contributed by atoms with E-state index in [0.717, 1.165) is 55.2 Å². The summed E-state index contributed by atoms with van der Waals surface area (Å²) in [4.78, 5) is 34.2. The van der Waals surface area contributed by atoms with Gasteiger partial charge < -0.3 is 49.0 Å². The van der Waals surface area contributed by atoms with Crippen LogP contribution in [0.25, 0.3) is 0 Å². The van der Waals surface area contributed by atoms with Crippen LogP contribution in [0.1, 0.15) is 81.3 Å². The van der Waals surface area contributed by atoms with E-state index in [1.54, 1.807) is 25.3 Å². The van der Waals surface area contributed by atoms with Gasteiger partial charge in [0, 0.05) is 51.1 Å². The molecule has 2 fully saturated rings. The molecule has 6 rings (SSSR count). The second-order valence-corrected chi connectivity index (χ2v) is 15.0. The van der Waals surface area contributed by atoms with Crippen molar-refractivity contribution < 1.29 is 48.3 Å². The highest BCUT2D eigenvalue weighted by molar-refractivity contribution is 6.03. The minimum Gasteiger partial charge on any atom is -0.459 e. The number of methoxy groups -OCH3 is 1. The van der Waals surface area contributed by atoms with Crippen molar-refractivity contribution in [1.29, 1.82) is 0 Å². The summed E-state index contributed by atoms with van der Waals surface area (Å²) in [6.45, 7) is 5.15. The number of fused-ring (bicyclic) bond motifs is 2. The Morgan fingerprint density at radius 1 is 1.07 bits per heavy atom. The van der Waals surface area contributed by atoms with Crippen molar-refractivity contribution in [2.75, 3.05) is 40.6 Å². The zero-order valence-corrected chi connectivity index (χ0v) is 32.6. The molecule has 2 amide bonds. The molecule has 7 atom stereocenters. The highest BCUT2D eigenvalue weighted by Crippen LogP contribution is 2.61. The van der Waals surface area contributed by atoms with Gasteiger partial charge in [0.25, 0.3) is 0 Å². The predicted molar refractivity (Wildman–Crippen MR) is 209 cm³/mol. The van der Waals surface area contributed by atoms with Crippen LogP contribution in [-0.2, 0) is 25.6 Å². The third-order valence-corrected chi connectivity index (χ3v) is 11.5. The Labute approximate surface area is 329 Å². The summed E-state index contributed by atoms with van der Waals surface area (Å²) in [7, 11) is 3.01. The summed E-state index contributed by atoms with van der Waals surface area (Å²) < 4.78 is 31.0. The number of amides is 2. The number of carbonyl (C=O) groups is 2. The number of hydrogen-bond acceptors (Lipinski definition) is 11. The number of carbonyl (C=O) groups excluding carboxylic acids is 2. The first-order valence-electron chi connectivity index (χ1n) is 20.0. The molecule has 2 heterocycles. The fourth-order valence-corrected chi connectivity index (χ4v) is 8.89. The monoisotopic (exact) mass is 775 g/mol. The SMILES string of the molecule is C=CCOC12Oc3ccc(OC(=O)NCc4ccccc4)cc3C3C(CCCCO)C(CCCCO)C=C(C(=NOC4CCCCO4)CC1N(C)C(=O)OC)C32. The molecule has 2 aliphatic carbocycles. The number of allylic oxidation sites excluding steroid dienone is 1. The molecule has 1 saturated heterocycles. The zero-order valence-electron chi connectivity index (χ0n) is 32.6. The molecule has 2 aromatic carbocycles. The number of aliphatic hydroxyl groups is 2. The third kappa shape index (κ3) is 9.23. The summed E-state index contributed by atoms with van der Waals surface area (Å²) in [5.74, 6) is -1.24. The number of nitrogens with one attached hydrogen (secondary N) is 1. The van der Waals surface area contributed by atoms with E-state index in [-0.39, 0.29) is 44.0 Å². The van der Waals surface area contributed by atoms with Gasteiger partial charge in [-0.3, -0.25) is 0 Å². The highest BCUT2D eigenvalue weighted by atomic mass is 16.8. The first kappa shape index (κ1) is 41.2. The number of benzene rings is 2. The lowest BCUT2D eigenvalue weighted by atomic mass is 9.55. The number of likely N-dealkylation sites (N-methyl/N-ethyl adjacent to an activating group) is 1. The number of unbranched alkanes of at least 4 members (excludes halogenated alkanes) is 2. The summed E-state index contributed by atoms with van der Waals surface area (Å²) in [5.41, 5.74) is 3.34. The van der Waals surface area contributed by atoms with Crippen molar-refractivity contribution in [3.63, 3.8) is 0 Å². The number of ether oxygens (including phenoxy) is 5. The Morgan fingerprint density at radius 2 is 1.86 bits per heavy atom. The van der Waals surface area contributed by atoms with Crippen LogP contribution in [0.3, 0.4) is 0 Å². The maximum atomic E-state index is 13.4. The number of aliphatic hydroxyl groups excluding tert-OH is 2. The van der Waals surface area contributed by atoms with Gasteiger partial charge in [0.1, 0.15) is 17.5 Å². The van der Waals surface area contributed by atoms with E-state index in [1.807, 2.05) is 36.4 Å². The maximum Gasteiger partial charge on any atom is 0.412 e. The Bertz CT molecular complexity index is 1700. The van der Waals surface area contributed by atoms with Gasteiger partial charge in [0.2, 0.25) is 12.1 Å². The van der Waals surface area contributed by atoms with Crippen molar-refractivity contribution in [3.05, 3.63) is 84.0 Å². The average molecular weight is 776 g/mol. The molecule has 0 radical (unpaired) electrons. The molecule has 0 spiro atoms. The van der Waals surface area contributed by atoms with E-state index in [1.165, 1.54) is 12.0 Å². The fraction of sp³-hybridized carbons (Fsp3) is 0.558. The molecule has 4 aliphatic rings. The van der Waals surface area contributed by atoms with Crippen LogP contribution >= 0.6 is 0 Å². The van der Waals surface area contributed by atoms with Crippen molar-refractivity contribution in [1.82, 2.24) is 10.2 Å². The van der Waals surface area contributed by atoms with Crippen LogP contribution in [0.4, 0.5) is 9.59 Å². The van der Waals surface area contributed by atoms with E-state index in [0.29, 0.717) is 49.6 Å². The topological polar surface area (TPSA) is 158 Å². The molecule has 0 aromatic heterocycles. The molecule has 2 aromatic rings. The minimum atomic E-state index is -1.41. The third-order valence-electron chi connectivity index (χ3n) is 11.5. The highest BCUT2D eigenvalue weighted by Gasteiger charge is 2.65. The Hall–Kier alpha value is -4.43. The van der Waals surface area contributed by atoms with Gasteiger partial charge in [0.05, 0.1) is 32.0 Å². The first-order valence-corrected chi connectivity index (χ1v) is 20.0. The van der Waals surface area contributed by atoms with Gasteiger partial charge in [-0.25, -0.2) is 9.59 Å². The second-order valence-electron chi connectivity index (χ2n) is 15.0. The first-order chi connectivity index (χ1) is 27.3. The molecular formula is C43H57N3O10. The number of nitrogens with zero attached hydrogens (tertiary/aromatic N) is 2. The Kier molecular flexibility index (Phi) is 14.4. The molecular weight excluding hydrogens is 718 g/mol. The number of oxime groups is 1. The van der Waals surface area contributed by atoms with E-state index in [4.69, 9.17) is 33.7 Å². The summed E-state index contributed by atoms with van der Waals surface area (Å²) in [5, 5.41) is 27.3. The van der Waals surface area contributed by atoms with Gasteiger partial charge in [-0.1, -0.05) is 60.5 Å². The maximum absolute atomic E-state index is 13.4. The van der Waals surface area contributed by atoms with Crippen LogP contribution in [0, 0.1) is 17.8 Å². The molecule has 7 unspecified atom stereocenters. The van der Waals surface area contributed by atoms with Crippen molar-refractivity contribution in [2.45, 2.75) is 94.8 Å². The molecule has 1 saturated carbocycles. The van der Waals surface area contributed by atoms with E-state index < -0.39 is 36.2 Å². The lowest BCUT2D eigenvalue weighted by Gasteiger charge is -2.59. The van der Waals surface area contributed by atoms with Crippen LogP contribution in [0.2, 0.25) is 0 Å². The minimum absolute atomic E-state index is 0.0107. The molecule has 13 nitrogen and oxygen atoms in total. The molecule has 0 bridgehead atoms. The quantitative estimate of drug-likeness (QED) is 0.0884. The summed E-state index contributed by atoms with van der Waals surface area (Å²) >= 11 is 0. The lowest BCUT2D eigenvalue weighted by Crippen LogP contribution is -2.69. The fourth-order valence-electron chi connectivity index (χ4n) is 8.89. The summed E-state index contributed by atoms with van der Waals surface area (Å²) in [6, 6.07) is 14.3. The molecule has 2 aliphatic heterocycles. The Balaban J connectivity index is 1.49. The van der Waals surface area contributed by atoms with Gasteiger partial charge in [-0.05, 0) is 79.7 Å². The van der Waals surface area contributed by atoms with Crippen LogP contribution in [-0.4, -0.2) is 91.7 Å². The van der Waals surface area contributed by atoms with Crippen molar-refractivity contribution in [3.8, 4) is 11.5 Å². The van der Waals surface area contributed by atoms with Gasteiger partial charge >= 0.3 is 12.2 Å². The molecule has 56 heavy (non-hydrogen) atoms. The second kappa shape index (κ2) is 19.6. The Morgan fingerprint density at radius 3 is 2.57 bits per heavy atom. The molecule has 13 heteroatoms. The largest absolute Gasteiger partial charge is 0.459 e. The van der Waals surface area contributed by atoms with E-state index in [9.17, 15) is 19.8 Å². The van der Waals surface area contributed by atoms with E-state index in [2.05, 4.69) is 18.0 Å². The van der Waals surface area contributed by atoms with Crippen molar-refractivity contribution >= 4 is 17.9 Å². The average Bonchev–Trinajstić information content (AvgIpc) is 3.23. The normalized spacial score (nSPS) is 27.1. The van der Waals surface area contributed by atoms with Gasteiger partial charge in [0.15, 0.2) is 0 Å². The number of rotatable bonds is 17. The van der Waals surface area contributed by atoms with Gasteiger partial charge in [-0.2, -0.15) is 0 Å². The van der Waals surface area contributed by atoms with Crippen LogP contribution in [0.15, 0.2) is 78.0 Å². The zero-order chi connectivity index (χ0) is 39.5. The standard InChI is InChI=1S/C43H57N3O10/c1-4-23-53-43-37(46(2)42(50)51-3)27-35(45-56-38-18-10-13-24-52-38)33-25-30(16-8-11-21-47)32(17-9-12-22-48)39(40(33)43)34-26-31(19-20-36(34)55-43)54-41(49)44-28-29-14-6-5-7-15-29/h4-7,14-15,19-20,25-26,30,32,37-40,47-48H,1,8-13,16-18,21-24,27-28H2,2-3H3,(H,44,49). The molecule has 3 N–H and O–H groups in total. The van der Waals surface area contributed by atoms with Gasteiger partial charge in [-0.15, -0.1) is 6.58 Å². The van der Waals surface area contributed by atoms with Crippen molar-refractivity contribution in [2.24, 2.45) is 22.9 Å². The molecule has 304 valence electrons. The summed E-state index contributed by atoms with van der Waals surface area (Å²) in [6.07, 6.45) is 9.63. The lowest BCUT2D eigenvalue weighted by molar-refractivity contribution is -0.253. The number of hydrogen-bond donors (Lipinski definition) is 3. The van der Waals surface area contributed by atoms with Crippen LogP contribution in [0.5, 0.6) is 11.5 Å².